The Labute approximate surface area is 130 Å². The molecule has 2 nitrogen and oxygen atoms in total. The van der Waals surface area contributed by atoms with E-state index < -0.39 is 0 Å². The number of benzene rings is 1. The summed E-state index contributed by atoms with van der Waals surface area (Å²) in [6.45, 7) is 4.38. The van der Waals surface area contributed by atoms with Crippen LogP contribution < -0.4 is 5.32 Å². The van der Waals surface area contributed by atoms with Crippen molar-refractivity contribution >= 4 is 11.3 Å². The van der Waals surface area contributed by atoms with Gasteiger partial charge in [-0.05, 0) is 62.6 Å². The lowest BCUT2D eigenvalue weighted by Gasteiger charge is -2.18. The number of nitrogens with one attached hydrogen (secondary N) is 1. The van der Waals surface area contributed by atoms with E-state index in [-0.39, 0.29) is 6.04 Å². The molecule has 2 aromatic rings. The molecule has 21 heavy (non-hydrogen) atoms. The number of rotatable bonds is 4. The molecule has 0 amide bonds. The fraction of sp³-hybridized carbons (Fsp3) is 0.500. The molecule has 1 heterocycles. The number of aromatic nitrogens is 1. The van der Waals surface area contributed by atoms with Crippen molar-refractivity contribution in [3.8, 4) is 0 Å². The summed E-state index contributed by atoms with van der Waals surface area (Å²) in [7, 11) is 0. The molecule has 2 aliphatic rings. The van der Waals surface area contributed by atoms with Crippen molar-refractivity contribution in [3.63, 3.8) is 0 Å². The summed E-state index contributed by atoms with van der Waals surface area (Å²) in [6, 6.07) is 7.83. The van der Waals surface area contributed by atoms with Crippen LogP contribution in [0.4, 0.5) is 0 Å². The van der Waals surface area contributed by atoms with E-state index in [1.54, 1.807) is 0 Å². The summed E-state index contributed by atoms with van der Waals surface area (Å²) < 4.78 is 0. The first-order valence-electron chi connectivity index (χ1n) is 8.02. The first-order chi connectivity index (χ1) is 10.2. The molecule has 110 valence electrons. The minimum Gasteiger partial charge on any atom is -0.301 e. The van der Waals surface area contributed by atoms with Gasteiger partial charge in [0, 0.05) is 10.9 Å². The van der Waals surface area contributed by atoms with E-state index in [1.165, 1.54) is 64.4 Å². The van der Waals surface area contributed by atoms with E-state index in [2.05, 4.69) is 37.4 Å². The van der Waals surface area contributed by atoms with Crippen molar-refractivity contribution in [1.82, 2.24) is 10.3 Å². The summed E-state index contributed by atoms with van der Waals surface area (Å²) >= 11 is 1.93. The molecule has 1 atom stereocenters. The number of aryl methyl sites for hydroxylation is 4. The summed E-state index contributed by atoms with van der Waals surface area (Å²) in [4.78, 5) is 6.48. The first kappa shape index (κ1) is 13.5. The van der Waals surface area contributed by atoms with Gasteiger partial charge in [0.1, 0.15) is 5.01 Å². The highest BCUT2D eigenvalue weighted by molar-refractivity contribution is 7.11. The Balaban J connectivity index is 1.70. The Hall–Kier alpha value is -1.19. The Kier molecular flexibility index (Phi) is 3.35. The van der Waals surface area contributed by atoms with Crippen molar-refractivity contribution in [1.29, 1.82) is 0 Å². The van der Waals surface area contributed by atoms with Crippen LogP contribution in [0.25, 0.3) is 0 Å². The molecule has 0 radical (unpaired) electrons. The molecule has 1 aromatic heterocycles. The Morgan fingerprint density at radius 1 is 1.19 bits per heavy atom. The maximum Gasteiger partial charge on any atom is 0.115 e. The molecule has 1 N–H and O–H groups in total. The summed E-state index contributed by atoms with van der Waals surface area (Å²) in [5.74, 6) is 0. The van der Waals surface area contributed by atoms with Crippen molar-refractivity contribution in [2.45, 2.75) is 58.0 Å². The minimum absolute atomic E-state index is 0.285. The van der Waals surface area contributed by atoms with E-state index >= 15 is 0 Å². The molecule has 3 heteroatoms. The molecule has 0 spiro atoms. The second-order valence-corrected chi connectivity index (χ2v) is 7.61. The summed E-state index contributed by atoms with van der Waals surface area (Å²) in [5.41, 5.74) is 5.48. The van der Waals surface area contributed by atoms with Crippen LogP contribution in [0.1, 0.15) is 57.6 Å². The number of nitrogens with zero attached hydrogens (tertiary/aromatic N) is 1. The van der Waals surface area contributed by atoms with Crippen molar-refractivity contribution in [3.05, 3.63) is 50.5 Å². The lowest BCUT2D eigenvalue weighted by Crippen LogP contribution is -2.24. The highest BCUT2D eigenvalue weighted by Crippen LogP contribution is 2.35. The van der Waals surface area contributed by atoms with Gasteiger partial charge in [0.2, 0.25) is 0 Å². The zero-order valence-electron chi connectivity index (χ0n) is 12.8. The largest absolute Gasteiger partial charge is 0.301 e. The van der Waals surface area contributed by atoms with E-state index in [1.807, 2.05) is 11.3 Å². The molecule has 0 aliphatic heterocycles. The normalized spacial score (nSPS) is 18.8. The molecule has 2 aliphatic carbocycles. The van der Waals surface area contributed by atoms with Crippen molar-refractivity contribution < 1.29 is 0 Å². The lowest BCUT2D eigenvalue weighted by molar-refractivity contribution is 0.596. The van der Waals surface area contributed by atoms with Gasteiger partial charge in [-0.15, -0.1) is 11.3 Å². The Morgan fingerprint density at radius 3 is 2.76 bits per heavy atom. The molecule has 0 saturated heterocycles. The molecule has 1 fully saturated rings. The maximum atomic E-state index is 4.96. The molecular formula is C18H22N2S. The quantitative estimate of drug-likeness (QED) is 0.919. The van der Waals surface area contributed by atoms with Gasteiger partial charge in [0.05, 0.1) is 11.7 Å². The van der Waals surface area contributed by atoms with E-state index in [9.17, 15) is 0 Å². The number of hydrogen-bond donors (Lipinski definition) is 1. The smallest absolute Gasteiger partial charge is 0.115 e. The van der Waals surface area contributed by atoms with Crippen molar-refractivity contribution in [2.75, 3.05) is 0 Å². The monoisotopic (exact) mass is 298 g/mol. The summed E-state index contributed by atoms with van der Waals surface area (Å²) in [5, 5.41) is 5.08. The third-order valence-corrected chi connectivity index (χ3v) is 5.93. The van der Waals surface area contributed by atoms with Crippen LogP contribution in [0.5, 0.6) is 0 Å². The molecule has 1 aromatic carbocycles. The molecule has 4 rings (SSSR count). The lowest BCUT2D eigenvalue weighted by atomic mass is 10.0. The Morgan fingerprint density at radius 2 is 2.05 bits per heavy atom. The van der Waals surface area contributed by atoms with Crippen LogP contribution in [0.2, 0.25) is 0 Å². The van der Waals surface area contributed by atoms with Gasteiger partial charge in [-0.2, -0.15) is 0 Å². The van der Waals surface area contributed by atoms with Crippen LogP contribution in [0, 0.1) is 13.8 Å². The zero-order chi connectivity index (χ0) is 14.4. The number of thiazole rings is 1. The van der Waals surface area contributed by atoms with Crippen LogP contribution in [-0.2, 0) is 12.8 Å². The fourth-order valence-electron chi connectivity index (χ4n) is 3.07. The van der Waals surface area contributed by atoms with Crippen LogP contribution >= 0.6 is 11.3 Å². The van der Waals surface area contributed by atoms with Gasteiger partial charge < -0.3 is 5.32 Å². The van der Waals surface area contributed by atoms with E-state index in [4.69, 9.17) is 4.98 Å². The predicted molar refractivity (Wildman–Crippen MR) is 88.1 cm³/mol. The van der Waals surface area contributed by atoms with Crippen LogP contribution in [0.15, 0.2) is 18.2 Å². The second kappa shape index (κ2) is 5.22. The van der Waals surface area contributed by atoms with Gasteiger partial charge in [0.25, 0.3) is 0 Å². The fourth-order valence-corrected chi connectivity index (χ4v) is 4.32. The molecule has 1 unspecified atom stereocenters. The standard InChI is InChI=1S/C18H22N2S/c1-11-6-7-13(10-12(11)2)17(19-14-8-9-14)18-20-15-4-3-5-16(15)21-18/h6-7,10,14,17,19H,3-5,8-9H2,1-2H3. The van der Waals surface area contributed by atoms with Gasteiger partial charge in [-0.3, -0.25) is 0 Å². The maximum absolute atomic E-state index is 4.96. The highest BCUT2D eigenvalue weighted by Gasteiger charge is 2.29. The highest BCUT2D eigenvalue weighted by atomic mass is 32.1. The van der Waals surface area contributed by atoms with E-state index in [0.717, 1.165) is 0 Å². The van der Waals surface area contributed by atoms with Gasteiger partial charge in [0.15, 0.2) is 0 Å². The number of fused-ring (bicyclic) bond motifs is 1. The van der Waals surface area contributed by atoms with Gasteiger partial charge >= 0.3 is 0 Å². The third-order valence-electron chi connectivity index (χ3n) is 4.70. The molecule has 0 bridgehead atoms. The van der Waals surface area contributed by atoms with Crippen molar-refractivity contribution in [2.24, 2.45) is 0 Å². The van der Waals surface area contributed by atoms with Gasteiger partial charge in [-0.25, -0.2) is 4.98 Å². The topological polar surface area (TPSA) is 24.9 Å². The zero-order valence-corrected chi connectivity index (χ0v) is 13.6. The third kappa shape index (κ3) is 2.65. The Bertz CT molecular complexity index is 648. The van der Waals surface area contributed by atoms with Crippen LogP contribution in [0.3, 0.4) is 0 Å². The van der Waals surface area contributed by atoms with E-state index in [0.29, 0.717) is 6.04 Å². The van der Waals surface area contributed by atoms with Gasteiger partial charge in [-0.1, -0.05) is 18.2 Å². The number of hydrogen-bond acceptors (Lipinski definition) is 3. The minimum atomic E-state index is 0.285. The first-order valence-corrected chi connectivity index (χ1v) is 8.84. The average molecular weight is 298 g/mol. The molecule has 1 saturated carbocycles. The molecular weight excluding hydrogens is 276 g/mol. The predicted octanol–water partition coefficient (Wildman–Crippen LogP) is 4.09. The average Bonchev–Trinajstić information content (AvgIpc) is 3.03. The SMILES string of the molecule is Cc1ccc(C(NC2CC2)c2nc3c(s2)CCC3)cc1C. The second-order valence-electron chi connectivity index (χ2n) is 6.49. The van der Waals surface area contributed by atoms with Crippen LogP contribution in [-0.4, -0.2) is 11.0 Å². The summed E-state index contributed by atoms with van der Waals surface area (Å²) in [6.07, 6.45) is 6.32.